The van der Waals surface area contributed by atoms with Crippen LogP contribution in [0.2, 0.25) is 0 Å². The number of esters is 1. The minimum Gasteiger partial charge on any atom is -0.456 e. The summed E-state index contributed by atoms with van der Waals surface area (Å²) < 4.78 is 99.1. The summed E-state index contributed by atoms with van der Waals surface area (Å²) in [5.74, 6) is -2.81. The van der Waals surface area contributed by atoms with Crippen molar-refractivity contribution in [2.24, 2.45) is 0 Å². The summed E-state index contributed by atoms with van der Waals surface area (Å²) in [5, 5.41) is 8.97. The smallest absolute Gasteiger partial charge is 0.456 e. The highest BCUT2D eigenvalue weighted by Gasteiger charge is 2.55. The lowest BCUT2D eigenvalue weighted by molar-refractivity contribution is -0.170. The van der Waals surface area contributed by atoms with Gasteiger partial charge in [0, 0.05) is 67.5 Å². The van der Waals surface area contributed by atoms with E-state index < -0.39 is 42.2 Å². The zero-order valence-electron chi connectivity index (χ0n) is 36.5. The molecule has 344 valence electrons. The van der Waals surface area contributed by atoms with Crippen molar-refractivity contribution in [3.8, 4) is 17.6 Å². The average Bonchev–Trinajstić information content (AvgIpc) is 3.53. The molecule has 0 bridgehead atoms. The SMILES string of the molecule is CC(=O)N1CCCc2cc3c(cc21)Oc1cc2c(cc1C31OC(=O)c3ccc(S(=O)(=O)NCCCCCCOP(OCCC#N)N(C(C)C)C(C)C)cc31)CCCN2C(=O)C(F)(F)F. The summed E-state index contributed by atoms with van der Waals surface area (Å²) in [7, 11) is -5.50. The van der Waals surface area contributed by atoms with Crippen molar-refractivity contribution in [2.45, 2.75) is 121 Å². The van der Waals surface area contributed by atoms with Gasteiger partial charge in [-0.3, -0.25) is 9.59 Å². The van der Waals surface area contributed by atoms with Crippen LogP contribution < -0.4 is 19.3 Å². The first-order chi connectivity index (χ1) is 30.4. The number of rotatable bonds is 16. The number of nitrogens with one attached hydrogen (secondary N) is 1. The fraction of sp³-hybridized carbons (Fsp3) is 0.511. The number of fused-ring (bicyclic) bond motifs is 8. The first-order valence-electron chi connectivity index (χ1n) is 21.7. The molecule has 19 heteroatoms. The Balaban J connectivity index is 1.15. The number of benzene rings is 3. The molecule has 0 saturated carbocycles. The van der Waals surface area contributed by atoms with Crippen LogP contribution in [0, 0.1) is 11.3 Å². The number of ether oxygens (including phenoxy) is 2. The number of alkyl halides is 3. The molecule has 0 aromatic heterocycles. The van der Waals surface area contributed by atoms with E-state index in [4.69, 9.17) is 23.8 Å². The second kappa shape index (κ2) is 19.1. The third kappa shape index (κ3) is 9.25. The zero-order chi connectivity index (χ0) is 46.1. The Bertz CT molecular complexity index is 2450. The molecule has 2 atom stereocenters. The lowest BCUT2D eigenvalue weighted by atomic mass is 9.75. The van der Waals surface area contributed by atoms with Gasteiger partial charge in [0.05, 0.1) is 47.5 Å². The van der Waals surface area contributed by atoms with Crippen molar-refractivity contribution in [2.75, 3.05) is 42.6 Å². The average molecular weight is 928 g/mol. The van der Waals surface area contributed by atoms with E-state index >= 15 is 0 Å². The third-order valence-electron chi connectivity index (χ3n) is 11.8. The summed E-state index contributed by atoms with van der Waals surface area (Å²) in [6, 6.07) is 12.9. The maximum Gasteiger partial charge on any atom is 0.471 e. The monoisotopic (exact) mass is 927 g/mol. The highest BCUT2D eigenvalue weighted by atomic mass is 32.2. The van der Waals surface area contributed by atoms with Gasteiger partial charge in [-0.2, -0.15) is 18.4 Å². The van der Waals surface area contributed by atoms with Crippen LogP contribution in [0.5, 0.6) is 11.5 Å². The molecule has 0 radical (unpaired) electrons. The van der Waals surface area contributed by atoms with E-state index in [0.29, 0.717) is 67.0 Å². The number of unbranched alkanes of at least 4 members (excludes halogenated alkanes) is 3. The number of halogens is 3. The van der Waals surface area contributed by atoms with Crippen molar-refractivity contribution in [1.29, 1.82) is 5.26 Å². The first-order valence-corrected chi connectivity index (χ1v) is 24.3. The van der Waals surface area contributed by atoms with Crippen molar-refractivity contribution in [3.63, 3.8) is 0 Å². The maximum atomic E-state index is 13.9. The van der Waals surface area contributed by atoms with Gasteiger partial charge >= 0.3 is 18.1 Å². The van der Waals surface area contributed by atoms with Gasteiger partial charge in [0.1, 0.15) is 11.5 Å². The lowest BCUT2D eigenvalue weighted by Gasteiger charge is -2.40. The number of carbonyl (C=O) groups is 3. The Morgan fingerprint density at radius 2 is 1.48 bits per heavy atom. The van der Waals surface area contributed by atoms with E-state index in [1.54, 1.807) is 23.1 Å². The highest BCUT2D eigenvalue weighted by molar-refractivity contribution is 7.89. The quantitative estimate of drug-likeness (QED) is 0.0831. The molecular weight excluding hydrogens is 875 g/mol. The van der Waals surface area contributed by atoms with Gasteiger partial charge in [-0.05, 0) is 108 Å². The second-order valence-corrected chi connectivity index (χ2v) is 20.1. The number of amides is 2. The van der Waals surface area contributed by atoms with Crippen LogP contribution in [-0.2, 0) is 51.8 Å². The number of hydrogen-bond donors (Lipinski definition) is 1. The fourth-order valence-electron chi connectivity index (χ4n) is 9.04. The number of hydrogen-bond acceptors (Lipinski definition) is 11. The summed E-state index contributed by atoms with van der Waals surface area (Å²) in [4.78, 5) is 41.4. The molecule has 4 heterocycles. The van der Waals surface area contributed by atoms with Crippen molar-refractivity contribution in [3.05, 3.63) is 75.8 Å². The Morgan fingerprint density at radius 3 is 2.08 bits per heavy atom. The second-order valence-electron chi connectivity index (χ2n) is 16.9. The van der Waals surface area contributed by atoms with Crippen LogP contribution in [0.25, 0.3) is 0 Å². The summed E-state index contributed by atoms with van der Waals surface area (Å²) in [6.07, 6.45) is -0.353. The molecular formula is C45H53F3N5O9PS. The molecule has 64 heavy (non-hydrogen) atoms. The van der Waals surface area contributed by atoms with E-state index in [0.717, 1.165) is 18.4 Å². The molecule has 2 unspecified atom stereocenters. The number of aryl methyl sites for hydroxylation is 2. The molecule has 7 rings (SSSR count). The number of carbonyl (C=O) groups excluding carboxylic acids is 3. The zero-order valence-corrected chi connectivity index (χ0v) is 38.3. The van der Waals surface area contributed by atoms with Gasteiger partial charge in [-0.15, -0.1) is 0 Å². The third-order valence-corrected chi connectivity index (χ3v) is 15.4. The Kier molecular flexibility index (Phi) is 14.1. The topological polar surface area (TPSA) is 168 Å². The molecule has 0 saturated heterocycles. The number of sulfonamides is 1. The summed E-state index contributed by atoms with van der Waals surface area (Å²) in [5.41, 5.74) is 0.860. The summed E-state index contributed by atoms with van der Waals surface area (Å²) >= 11 is 0. The van der Waals surface area contributed by atoms with Crippen LogP contribution >= 0.6 is 8.53 Å². The molecule has 1 spiro atoms. The number of anilines is 2. The molecule has 4 aliphatic rings. The standard InChI is InChI=1S/C45H53F3N5O9PS/c1-28(2)53(29(3)4)63(60-22-12-17-49)59-21-9-7-6-8-18-50-64(57,58)33-15-16-34-35(25-33)44(62-42(34)55)36-23-31-13-10-19-51(30(5)54)38(31)26-40(36)61-41-27-39-32(24-37(41)44)14-11-20-52(39)43(56)45(46,47)48/h15-16,23-29,50H,6-14,18-22H2,1-5H3. The van der Waals surface area contributed by atoms with Gasteiger partial charge in [-0.25, -0.2) is 22.6 Å². The van der Waals surface area contributed by atoms with E-state index in [2.05, 4.69) is 43.2 Å². The molecule has 14 nitrogen and oxygen atoms in total. The molecule has 4 aliphatic heterocycles. The van der Waals surface area contributed by atoms with E-state index in [9.17, 15) is 36.0 Å². The maximum absolute atomic E-state index is 13.9. The van der Waals surface area contributed by atoms with E-state index in [1.165, 1.54) is 31.2 Å². The minimum atomic E-state index is -5.14. The predicted octanol–water partition coefficient (Wildman–Crippen LogP) is 8.53. The van der Waals surface area contributed by atoms with Crippen LogP contribution in [0.15, 0.2) is 47.4 Å². The van der Waals surface area contributed by atoms with Gasteiger partial charge < -0.3 is 28.3 Å². The van der Waals surface area contributed by atoms with Crippen molar-refractivity contribution < 1.29 is 54.5 Å². The van der Waals surface area contributed by atoms with Crippen LogP contribution in [-0.4, -0.2) is 82.0 Å². The Morgan fingerprint density at radius 1 is 0.891 bits per heavy atom. The highest BCUT2D eigenvalue weighted by Crippen LogP contribution is 2.59. The van der Waals surface area contributed by atoms with E-state index in [1.807, 2.05) is 0 Å². The van der Waals surface area contributed by atoms with Gasteiger partial charge in [-0.1, -0.05) is 12.8 Å². The number of nitrogens with zero attached hydrogens (tertiary/aromatic N) is 4. The normalized spacial score (nSPS) is 18.2. The summed E-state index contributed by atoms with van der Waals surface area (Å²) in [6.45, 7) is 10.8. The van der Waals surface area contributed by atoms with Gasteiger partial charge in [0.25, 0.3) is 8.53 Å². The fourth-order valence-corrected chi connectivity index (χ4v) is 11.8. The van der Waals surface area contributed by atoms with Crippen LogP contribution in [0.4, 0.5) is 24.5 Å². The number of nitriles is 1. The molecule has 1 N–H and O–H groups in total. The minimum absolute atomic E-state index is 0.00170. The van der Waals surface area contributed by atoms with Gasteiger partial charge in [0.15, 0.2) is 5.60 Å². The largest absolute Gasteiger partial charge is 0.471 e. The Labute approximate surface area is 373 Å². The molecule has 2 amide bonds. The first kappa shape index (κ1) is 47.3. The molecule has 3 aromatic rings. The predicted molar refractivity (Wildman–Crippen MR) is 233 cm³/mol. The van der Waals surface area contributed by atoms with Crippen molar-refractivity contribution >= 4 is 47.7 Å². The van der Waals surface area contributed by atoms with Crippen LogP contribution in [0.1, 0.15) is 118 Å². The lowest BCUT2D eigenvalue weighted by Crippen LogP contribution is -2.44. The van der Waals surface area contributed by atoms with Crippen molar-refractivity contribution in [1.82, 2.24) is 9.39 Å². The molecule has 0 aliphatic carbocycles. The Hall–Kier alpha value is -4.63. The molecule has 3 aromatic carbocycles. The van der Waals surface area contributed by atoms with E-state index in [-0.39, 0.29) is 89.3 Å². The van der Waals surface area contributed by atoms with Gasteiger partial charge in [0.2, 0.25) is 15.9 Å². The molecule has 0 fully saturated rings. The van der Waals surface area contributed by atoms with Crippen LogP contribution in [0.3, 0.4) is 0 Å².